The molecule has 0 aliphatic heterocycles. The number of nitrogens with zero attached hydrogens (tertiary/aromatic N) is 1. The lowest BCUT2D eigenvalue weighted by Crippen LogP contribution is -2.16. The molecule has 0 bridgehead atoms. The largest absolute Gasteiger partial charge is 0.340 e. The number of amides is 1. The van der Waals surface area contributed by atoms with Gasteiger partial charge in [0.15, 0.2) is 0 Å². The molecule has 1 amide bonds. The molecule has 1 aromatic carbocycles. The molecule has 0 aliphatic carbocycles. The fourth-order valence-corrected chi connectivity index (χ4v) is 3.37. The third kappa shape index (κ3) is 6.42. The highest BCUT2D eigenvalue weighted by atomic mass is 32.2. The second kappa shape index (κ2) is 8.48. The maximum atomic E-state index is 11.9. The first kappa shape index (κ1) is 18.7. The van der Waals surface area contributed by atoms with E-state index in [1.807, 2.05) is 19.1 Å². The number of hydrogen-bond donors (Lipinski definition) is 3. The molecule has 0 radical (unpaired) electrons. The fraction of sp³-hybridized carbons (Fsp3) is 0.294. The Bertz CT molecular complexity index is 820. The number of aromatic nitrogens is 1. The average Bonchev–Trinajstić information content (AvgIpc) is 2.54. The molecule has 0 saturated carbocycles. The number of pyridine rings is 1. The maximum Gasteiger partial charge on any atom is 0.232 e. The molecule has 2 rings (SSSR count). The van der Waals surface area contributed by atoms with Gasteiger partial charge in [-0.3, -0.25) is 9.52 Å². The molecule has 1 aromatic heterocycles. The van der Waals surface area contributed by atoms with Gasteiger partial charge in [-0.1, -0.05) is 19.4 Å². The van der Waals surface area contributed by atoms with Crippen LogP contribution in [0.15, 0.2) is 42.6 Å². The van der Waals surface area contributed by atoms with E-state index in [1.165, 1.54) is 13.1 Å². The van der Waals surface area contributed by atoms with Gasteiger partial charge in [0.05, 0.1) is 17.6 Å². The highest BCUT2D eigenvalue weighted by Crippen LogP contribution is 2.20. The summed E-state index contributed by atoms with van der Waals surface area (Å²) in [5, 5.41) is 5.81. The highest BCUT2D eigenvalue weighted by Gasteiger charge is 2.09. The lowest BCUT2D eigenvalue weighted by molar-refractivity contribution is -0.114. The minimum atomic E-state index is -3.34. The fourth-order valence-electron chi connectivity index (χ4n) is 2.12. The van der Waals surface area contributed by atoms with Gasteiger partial charge in [0.2, 0.25) is 15.9 Å². The standard InChI is InChI=1S/C17H22N4O3S/c1-3-4-10-25(23,24)21-16-8-9-17(18-12-16)20-15-7-5-6-14(11-15)19-13(2)22/h5-9,11-12,21H,3-4,10H2,1-2H3,(H,18,20)(H,19,22). The molecule has 7 nitrogen and oxygen atoms in total. The van der Waals surface area contributed by atoms with Crippen molar-refractivity contribution in [3.05, 3.63) is 42.6 Å². The Balaban J connectivity index is 2.02. The lowest BCUT2D eigenvalue weighted by atomic mass is 10.2. The van der Waals surface area contributed by atoms with E-state index < -0.39 is 10.0 Å². The minimum Gasteiger partial charge on any atom is -0.340 e. The summed E-state index contributed by atoms with van der Waals surface area (Å²) < 4.78 is 26.3. The van der Waals surface area contributed by atoms with Crippen LogP contribution in [0.5, 0.6) is 0 Å². The van der Waals surface area contributed by atoms with Crippen molar-refractivity contribution in [1.82, 2.24) is 4.98 Å². The van der Waals surface area contributed by atoms with E-state index in [-0.39, 0.29) is 11.7 Å². The molecular formula is C17H22N4O3S. The van der Waals surface area contributed by atoms with Crippen molar-refractivity contribution in [2.75, 3.05) is 21.1 Å². The van der Waals surface area contributed by atoms with E-state index in [2.05, 4.69) is 20.3 Å². The Morgan fingerprint density at radius 1 is 1.12 bits per heavy atom. The van der Waals surface area contributed by atoms with Gasteiger partial charge in [0, 0.05) is 18.3 Å². The van der Waals surface area contributed by atoms with E-state index in [9.17, 15) is 13.2 Å². The van der Waals surface area contributed by atoms with Gasteiger partial charge in [0.1, 0.15) is 5.82 Å². The zero-order valence-corrected chi connectivity index (χ0v) is 15.1. The molecule has 3 N–H and O–H groups in total. The van der Waals surface area contributed by atoms with Crippen molar-refractivity contribution < 1.29 is 13.2 Å². The van der Waals surface area contributed by atoms with E-state index in [0.717, 1.165) is 12.1 Å². The average molecular weight is 362 g/mol. The first-order valence-corrected chi connectivity index (χ1v) is 9.64. The molecule has 0 fully saturated rings. The van der Waals surface area contributed by atoms with Crippen molar-refractivity contribution in [1.29, 1.82) is 0 Å². The predicted molar refractivity (Wildman–Crippen MR) is 101 cm³/mol. The Hall–Kier alpha value is -2.61. The van der Waals surface area contributed by atoms with Gasteiger partial charge in [-0.25, -0.2) is 13.4 Å². The van der Waals surface area contributed by atoms with E-state index in [1.54, 1.807) is 24.3 Å². The lowest BCUT2D eigenvalue weighted by Gasteiger charge is -2.10. The van der Waals surface area contributed by atoms with Gasteiger partial charge >= 0.3 is 0 Å². The Kier molecular flexibility index (Phi) is 6.35. The summed E-state index contributed by atoms with van der Waals surface area (Å²) in [6.07, 6.45) is 2.90. The number of anilines is 4. The topological polar surface area (TPSA) is 100 Å². The molecule has 2 aromatic rings. The zero-order chi connectivity index (χ0) is 18.3. The summed E-state index contributed by atoms with van der Waals surface area (Å²) in [6.45, 7) is 3.39. The van der Waals surface area contributed by atoms with Crippen molar-refractivity contribution in [3.63, 3.8) is 0 Å². The number of carbonyl (C=O) groups excluding carboxylic acids is 1. The zero-order valence-electron chi connectivity index (χ0n) is 14.2. The van der Waals surface area contributed by atoms with E-state index in [0.29, 0.717) is 23.6 Å². The van der Waals surface area contributed by atoms with Crippen molar-refractivity contribution in [2.45, 2.75) is 26.7 Å². The number of rotatable bonds is 8. The number of sulfonamides is 1. The molecule has 0 saturated heterocycles. The van der Waals surface area contributed by atoms with Crippen LogP contribution in [-0.2, 0) is 14.8 Å². The number of benzene rings is 1. The van der Waals surface area contributed by atoms with E-state index >= 15 is 0 Å². The normalized spacial score (nSPS) is 11.0. The molecule has 25 heavy (non-hydrogen) atoms. The summed E-state index contributed by atoms with van der Waals surface area (Å²) in [5.74, 6) is 0.519. The third-order valence-corrected chi connectivity index (χ3v) is 4.63. The molecular weight excluding hydrogens is 340 g/mol. The van der Waals surface area contributed by atoms with Crippen molar-refractivity contribution in [2.24, 2.45) is 0 Å². The highest BCUT2D eigenvalue weighted by molar-refractivity contribution is 7.92. The Labute approximate surface area is 147 Å². The first-order valence-electron chi connectivity index (χ1n) is 7.99. The van der Waals surface area contributed by atoms with Crippen LogP contribution in [0.3, 0.4) is 0 Å². The van der Waals surface area contributed by atoms with Crippen LogP contribution in [0.4, 0.5) is 22.9 Å². The first-order chi connectivity index (χ1) is 11.9. The van der Waals surface area contributed by atoms with Gasteiger partial charge < -0.3 is 10.6 Å². The van der Waals surface area contributed by atoms with Crippen LogP contribution in [0.2, 0.25) is 0 Å². The quantitative estimate of drug-likeness (QED) is 0.669. The van der Waals surface area contributed by atoms with Gasteiger partial charge in [-0.2, -0.15) is 0 Å². The van der Waals surface area contributed by atoms with Crippen LogP contribution < -0.4 is 15.4 Å². The van der Waals surface area contributed by atoms with Crippen molar-refractivity contribution in [3.8, 4) is 0 Å². The maximum absolute atomic E-state index is 11.9. The number of carbonyl (C=O) groups is 1. The van der Waals surface area contributed by atoms with Crippen molar-refractivity contribution >= 4 is 38.8 Å². The summed E-state index contributed by atoms with van der Waals surface area (Å²) >= 11 is 0. The third-order valence-electron chi connectivity index (χ3n) is 3.26. The van der Waals surface area contributed by atoms with Gasteiger partial charge in [-0.05, 0) is 36.8 Å². The summed E-state index contributed by atoms with van der Waals surface area (Å²) in [5.41, 5.74) is 1.86. The minimum absolute atomic E-state index is 0.0967. The second-order valence-electron chi connectivity index (χ2n) is 5.59. The van der Waals surface area contributed by atoms with Crippen LogP contribution >= 0.6 is 0 Å². The molecule has 8 heteroatoms. The second-order valence-corrected chi connectivity index (χ2v) is 7.44. The monoisotopic (exact) mass is 362 g/mol. The van der Waals surface area contributed by atoms with Crippen LogP contribution in [0, 0.1) is 0 Å². The summed E-state index contributed by atoms with van der Waals surface area (Å²) in [7, 11) is -3.34. The van der Waals surface area contributed by atoms with Crippen LogP contribution in [0.1, 0.15) is 26.7 Å². The van der Waals surface area contributed by atoms with Crippen LogP contribution in [-0.4, -0.2) is 25.1 Å². The molecule has 0 atom stereocenters. The Morgan fingerprint density at radius 2 is 1.88 bits per heavy atom. The van der Waals surface area contributed by atoms with E-state index in [4.69, 9.17) is 0 Å². The molecule has 134 valence electrons. The van der Waals surface area contributed by atoms with Gasteiger partial charge in [0.25, 0.3) is 0 Å². The number of unbranched alkanes of at least 4 members (excludes halogenated alkanes) is 1. The summed E-state index contributed by atoms with van der Waals surface area (Å²) in [6, 6.07) is 10.6. The predicted octanol–water partition coefficient (Wildman–Crippen LogP) is 3.33. The smallest absolute Gasteiger partial charge is 0.232 e. The van der Waals surface area contributed by atoms with Crippen LogP contribution in [0.25, 0.3) is 0 Å². The SMILES string of the molecule is CCCCS(=O)(=O)Nc1ccc(Nc2cccc(NC(C)=O)c2)nc1. The molecule has 0 aliphatic rings. The molecule has 1 heterocycles. The van der Waals surface area contributed by atoms with Gasteiger partial charge in [-0.15, -0.1) is 0 Å². The number of hydrogen-bond acceptors (Lipinski definition) is 5. The number of nitrogens with one attached hydrogen (secondary N) is 3. The molecule has 0 unspecified atom stereocenters. The molecule has 0 spiro atoms. The Morgan fingerprint density at radius 3 is 2.52 bits per heavy atom. The summed E-state index contributed by atoms with van der Waals surface area (Å²) in [4.78, 5) is 15.3.